The summed E-state index contributed by atoms with van der Waals surface area (Å²) in [7, 11) is 1.98. The Morgan fingerprint density at radius 2 is 2.39 bits per heavy atom. The van der Waals surface area contributed by atoms with Crippen molar-refractivity contribution in [2.75, 3.05) is 0 Å². The molecule has 3 rings (SSSR count). The number of aryl methyl sites for hydroxylation is 1. The van der Waals surface area contributed by atoms with Gasteiger partial charge in [0.1, 0.15) is 0 Å². The molecule has 0 radical (unpaired) electrons. The molecule has 0 amide bonds. The maximum absolute atomic E-state index is 5.77. The van der Waals surface area contributed by atoms with Crippen LogP contribution in [0.5, 0.6) is 0 Å². The fourth-order valence-electron chi connectivity index (χ4n) is 4.04. The molecule has 0 aliphatic heterocycles. The molecule has 0 aromatic carbocycles. The van der Waals surface area contributed by atoms with Gasteiger partial charge in [0, 0.05) is 7.05 Å². The topological polar surface area (TPSA) is 55.9 Å². The maximum atomic E-state index is 5.77. The number of nitrogens with two attached hydrogens (primary N) is 1. The summed E-state index contributed by atoms with van der Waals surface area (Å²) >= 11 is 3.57. The van der Waals surface area contributed by atoms with Crippen LogP contribution in [0.3, 0.4) is 0 Å². The monoisotopic (exact) mass is 312 g/mol. The van der Waals surface area contributed by atoms with E-state index in [1.807, 2.05) is 17.9 Å². The van der Waals surface area contributed by atoms with E-state index < -0.39 is 0 Å². The molecule has 0 saturated heterocycles. The Hall–Kier alpha value is -0.390. The molecule has 5 heteroatoms. The van der Waals surface area contributed by atoms with Gasteiger partial charge >= 0.3 is 0 Å². The van der Waals surface area contributed by atoms with Crippen molar-refractivity contribution in [3.05, 3.63) is 16.4 Å². The van der Waals surface area contributed by atoms with Crippen LogP contribution in [-0.4, -0.2) is 9.78 Å². The van der Waals surface area contributed by atoms with E-state index in [0.29, 0.717) is 0 Å². The molecule has 3 N–H and O–H groups in total. The van der Waals surface area contributed by atoms with E-state index in [4.69, 9.17) is 5.84 Å². The normalized spacial score (nSPS) is 32.1. The van der Waals surface area contributed by atoms with Crippen molar-refractivity contribution < 1.29 is 0 Å². The van der Waals surface area contributed by atoms with Crippen molar-refractivity contribution >= 4 is 15.9 Å². The van der Waals surface area contributed by atoms with Gasteiger partial charge in [-0.1, -0.05) is 6.42 Å². The molecule has 2 fully saturated rings. The van der Waals surface area contributed by atoms with Gasteiger partial charge in [0.15, 0.2) is 0 Å². The third-order valence-corrected chi connectivity index (χ3v) is 5.50. The Kier molecular flexibility index (Phi) is 3.47. The standard InChI is InChI=1S/C13H21BrN4/c1-18-13(11(14)7-16-18)12(17-15)6-10-5-8-2-3-9(10)4-8/h7-10,12,17H,2-6,15H2,1H3. The number of halogens is 1. The second-order valence-electron chi connectivity index (χ2n) is 5.89. The number of aromatic nitrogens is 2. The van der Waals surface area contributed by atoms with Crippen LogP contribution in [-0.2, 0) is 7.05 Å². The molecule has 1 heterocycles. The molecule has 2 aliphatic carbocycles. The van der Waals surface area contributed by atoms with Crippen molar-refractivity contribution in [2.24, 2.45) is 30.6 Å². The van der Waals surface area contributed by atoms with Gasteiger partial charge in [-0.2, -0.15) is 5.10 Å². The highest BCUT2D eigenvalue weighted by molar-refractivity contribution is 9.10. The van der Waals surface area contributed by atoms with E-state index in [9.17, 15) is 0 Å². The zero-order valence-electron chi connectivity index (χ0n) is 10.8. The van der Waals surface area contributed by atoms with Gasteiger partial charge in [-0.15, -0.1) is 0 Å². The Labute approximate surface area is 116 Å². The van der Waals surface area contributed by atoms with E-state index in [0.717, 1.165) is 28.6 Å². The first-order valence-corrected chi connectivity index (χ1v) is 7.62. The van der Waals surface area contributed by atoms with E-state index in [2.05, 4.69) is 26.5 Å². The summed E-state index contributed by atoms with van der Waals surface area (Å²) in [6.45, 7) is 0. The van der Waals surface area contributed by atoms with Crippen LogP contribution in [0.25, 0.3) is 0 Å². The predicted molar refractivity (Wildman–Crippen MR) is 74.5 cm³/mol. The van der Waals surface area contributed by atoms with Crippen LogP contribution in [0.1, 0.15) is 43.8 Å². The average Bonchev–Trinajstić information content (AvgIpc) is 3.04. The third kappa shape index (κ3) is 2.12. The van der Waals surface area contributed by atoms with Crippen molar-refractivity contribution in [2.45, 2.75) is 38.1 Å². The summed E-state index contributed by atoms with van der Waals surface area (Å²) in [6, 6.07) is 0.205. The van der Waals surface area contributed by atoms with Crippen molar-refractivity contribution in [1.29, 1.82) is 0 Å². The van der Waals surface area contributed by atoms with Gasteiger partial charge in [0.25, 0.3) is 0 Å². The molecule has 100 valence electrons. The third-order valence-electron chi connectivity index (χ3n) is 4.89. The number of hydrogen-bond donors (Lipinski definition) is 2. The van der Waals surface area contributed by atoms with Crippen molar-refractivity contribution in [3.63, 3.8) is 0 Å². The molecular formula is C13H21BrN4. The lowest BCUT2D eigenvalue weighted by atomic mass is 9.84. The van der Waals surface area contributed by atoms with Gasteiger partial charge in [-0.3, -0.25) is 16.0 Å². The van der Waals surface area contributed by atoms with E-state index in [1.54, 1.807) is 0 Å². The van der Waals surface area contributed by atoms with E-state index in [-0.39, 0.29) is 6.04 Å². The number of nitrogens with one attached hydrogen (secondary N) is 1. The molecule has 4 nitrogen and oxygen atoms in total. The number of rotatable bonds is 4. The second-order valence-corrected chi connectivity index (χ2v) is 6.75. The summed E-state index contributed by atoms with van der Waals surface area (Å²) in [5, 5.41) is 4.28. The first-order valence-electron chi connectivity index (χ1n) is 6.82. The van der Waals surface area contributed by atoms with E-state index >= 15 is 0 Å². The summed E-state index contributed by atoms with van der Waals surface area (Å²) in [5.74, 6) is 8.54. The number of fused-ring (bicyclic) bond motifs is 2. The van der Waals surface area contributed by atoms with Gasteiger partial charge < -0.3 is 0 Å². The lowest BCUT2D eigenvalue weighted by Gasteiger charge is -2.26. The van der Waals surface area contributed by atoms with Gasteiger partial charge in [-0.25, -0.2) is 0 Å². The molecular weight excluding hydrogens is 292 g/mol. The SMILES string of the molecule is Cn1ncc(Br)c1C(CC1CC2CCC1C2)NN. The van der Waals surface area contributed by atoms with Crippen LogP contribution >= 0.6 is 15.9 Å². The van der Waals surface area contributed by atoms with Crippen molar-refractivity contribution in [1.82, 2.24) is 15.2 Å². The molecule has 1 aromatic rings. The minimum atomic E-state index is 0.205. The number of nitrogens with zero attached hydrogens (tertiary/aromatic N) is 2. The molecule has 4 atom stereocenters. The van der Waals surface area contributed by atoms with Crippen LogP contribution in [0, 0.1) is 17.8 Å². The highest BCUT2D eigenvalue weighted by Crippen LogP contribution is 2.51. The van der Waals surface area contributed by atoms with Crippen LogP contribution in [0.15, 0.2) is 10.7 Å². The number of hydrogen-bond acceptors (Lipinski definition) is 3. The zero-order chi connectivity index (χ0) is 12.7. The molecule has 2 saturated carbocycles. The zero-order valence-corrected chi connectivity index (χ0v) is 12.4. The van der Waals surface area contributed by atoms with Crippen LogP contribution in [0.4, 0.5) is 0 Å². The van der Waals surface area contributed by atoms with Gasteiger partial charge in [0.2, 0.25) is 0 Å². The summed E-state index contributed by atoms with van der Waals surface area (Å²) in [6.07, 6.45) is 8.72. The smallest absolute Gasteiger partial charge is 0.0705 e. The minimum absolute atomic E-state index is 0.205. The van der Waals surface area contributed by atoms with Crippen LogP contribution in [0.2, 0.25) is 0 Å². The van der Waals surface area contributed by atoms with E-state index in [1.165, 1.54) is 31.4 Å². The minimum Gasteiger partial charge on any atom is -0.271 e. The molecule has 4 unspecified atom stereocenters. The predicted octanol–water partition coefficient (Wildman–Crippen LogP) is 2.51. The second kappa shape index (κ2) is 4.94. The summed E-state index contributed by atoms with van der Waals surface area (Å²) in [5.41, 5.74) is 4.15. The Morgan fingerprint density at radius 3 is 2.89 bits per heavy atom. The Morgan fingerprint density at radius 1 is 1.56 bits per heavy atom. The lowest BCUT2D eigenvalue weighted by Crippen LogP contribution is -2.32. The van der Waals surface area contributed by atoms with Gasteiger partial charge in [-0.05, 0) is 59.4 Å². The van der Waals surface area contributed by atoms with Gasteiger partial charge in [0.05, 0.1) is 22.4 Å². The average molecular weight is 313 g/mol. The quantitative estimate of drug-likeness (QED) is 0.663. The highest BCUT2D eigenvalue weighted by Gasteiger charge is 2.40. The fraction of sp³-hybridized carbons (Fsp3) is 0.769. The summed E-state index contributed by atoms with van der Waals surface area (Å²) < 4.78 is 2.97. The first-order chi connectivity index (χ1) is 8.69. The molecule has 1 aromatic heterocycles. The highest BCUT2D eigenvalue weighted by atomic mass is 79.9. The lowest BCUT2D eigenvalue weighted by molar-refractivity contribution is 0.275. The molecule has 0 spiro atoms. The fourth-order valence-corrected chi connectivity index (χ4v) is 4.66. The molecule has 18 heavy (non-hydrogen) atoms. The van der Waals surface area contributed by atoms with Crippen LogP contribution < -0.4 is 11.3 Å². The first kappa shape index (κ1) is 12.6. The molecule has 2 aliphatic rings. The number of hydrazine groups is 1. The maximum Gasteiger partial charge on any atom is 0.0705 e. The summed E-state index contributed by atoms with van der Waals surface area (Å²) in [4.78, 5) is 0. The largest absolute Gasteiger partial charge is 0.271 e. The Balaban J connectivity index is 1.74. The molecule has 2 bridgehead atoms. The Bertz CT molecular complexity index is 411. The van der Waals surface area contributed by atoms with Crippen molar-refractivity contribution in [3.8, 4) is 0 Å².